The quantitative estimate of drug-likeness (QED) is 0.582. The summed E-state index contributed by atoms with van der Waals surface area (Å²) in [5.41, 5.74) is 0.650. The molecule has 0 atom stereocenters. The second-order valence-corrected chi connectivity index (χ2v) is 4.28. The van der Waals surface area contributed by atoms with E-state index in [2.05, 4.69) is 12.6 Å². The Morgan fingerprint density at radius 1 is 1.33 bits per heavy atom. The Balaban J connectivity index is 2.53. The average Bonchev–Trinajstić information content (AvgIpc) is 2.39. The molecule has 0 aliphatic rings. The molecule has 0 spiro atoms. The number of carbonyl (C=O) groups is 1. The highest BCUT2D eigenvalue weighted by Gasteiger charge is 2.13. The number of nitrogens with zero attached hydrogens (tertiary/aromatic N) is 1. The molecular weight excluding hydrogens is 250 g/mol. The number of hydrogen-bond donors (Lipinski definition) is 2. The summed E-state index contributed by atoms with van der Waals surface area (Å²) < 4.78 is 5.16. The SMILES string of the molecule is CCN(CCOCCO)C(=O)c1ccc(S)cc1. The Labute approximate surface area is 113 Å². The van der Waals surface area contributed by atoms with Gasteiger partial charge in [0, 0.05) is 23.5 Å². The predicted molar refractivity (Wildman–Crippen MR) is 73.2 cm³/mol. The van der Waals surface area contributed by atoms with Gasteiger partial charge in [0.1, 0.15) is 0 Å². The molecular formula is C13H19NO3S. The van der Waals surface area contributed by atoms with Crippen molar-refractivity contribution in [3.63, 3.8) is 0 Å². The number of carbonyl (C=O) groups excluding carboxylic acids is 1. The van der Waals surface area contributed by atoms with Crippen LogP contribution >= 0.6 is 12.6 Å². The Morgan fingerprint density at radius 2 is 2.00 bits per heavy atom. The molecule has 0 heterocycles. The highest BCUT2D eigenvalue weighted by molar-refractivity contribution is 7.80. The van der Waals surface area contributed by atoms with Crippen molar-refractivity contribution in [2.75, 3.05) is 32.9 Å². The van der Waals surface area contributed by atoms with Gasteiger partial charge in [0.05, 0.1) is 19.8 Å². The Bertz CT molecular complexity index is 367. The fourth-order valence-electron chi connectivity index (χ4n) is 1.53. The minimum atomic E-state index is -0.0153. The maximum Gasteiger partial charge on any atom is 0.253 e. The molecule has 0 unspecified atom stereocenters. The van der Waals surface area contributed by atoms with E-state index in [1.54, 1.807) is 29.2 Å². The summed E-state index contributed by atoms with van der Waals surface area (Å²) in [5, 5.41) is 8.59. The lowest BCUT2D eigenvalue weighted by molar-refractivity contribution is 0.0579. The number of aliphatic hydroxyl groups excluding tert-OH is 1. The number of aliphatic hydroxyl groups is 1. The summed E-state index contributed by atoms with van der Waals surface area (Å²) in [4.78, 5) is 14.7. The molecule has 18 heavy (non-hydrogen) atoms. The van der Waals surface area contributed by atoms with Gasteiger partial charge in [-0.05, 0) is 31.2 Å². The number of ether oxygens (including phenoxy) is 1. The third kappa shape index (κ3) is 4.68. The van der Waals surface area contributed by atoms with Crippen LogP contribution in [0.15, 0.2) is 29.2 Å². The number of hydrogen-bond acceptors (Lipinski definition) is 4. The minimum absolute atomic E-state index is 0.00345. The second-order valence-electron chi connectivity index (χ2n) is 3.77. The molecule has 5 heteroatoms. The molecule has 0 saturated heterocycles. The highest BCUT2D eigenvalue weighted by Crippen LogP contribution is 2.10. The molecule has 100 valence electrons. The molecule has 0 aliphatic carbocycles. The molecule has 1 amide bonds. The fourth-order valence-corrected chi connectivity index (χ4v) is 1.68. The van der Waals surface area contributed by atoms with E-state index < -0.39 is 0 Å². The molecule has 4 nitrogen and oxygen atoms in total. The van der Waals surface area contributed by atoms with Gasteiger partial charge in [-0.15, -0.1) is 12.6 Å². The van der Waals surface area contributed by atoms with Gasteiger partial charge < -0.3 is 14.7 Å². The Hall–Kier alpha value is -1.04. The molecule has 1 aromatic carbocycles. The topological polar surface area (TPSA) is 49.8 Å². The average molecular weight is 269 g/mol. The van der Waals surface area contributed by atoms with Gasteiger partial charge in [0.2, 0.25) is 0 Å². The zero-order chi connectivity index (χ0) is 13.4. The number of likely N-dealkylation sites (N-methyl/N-ethyl adjacent to an activating group) is 1. The van der Waals surface area contributed by atoms with Crippen molar-refractivity contribution in [1.82, 2.24) is 4.90 Å². The second kappa shape index (κ2) is 8.13. The summed E-state index contributed by atoms with van der Waals surface area (Å²) in [7, 11) is 0. The first-order valence-electron chi connectivity index (χ1n) is 5.96. The van der Waals surface area contributed by atoms with E-state index in [1.807, 2.05) is 6.92 Å². The first-order chi connectivity index (χ1) is 8.69. The van der Waals surface area contributed by atoms with Crippen LogP contribution in [0.4, 0.5) is 0 Å². The monoisotopic (exact) mass is 269 g/mol. The third-order valence-electron chi connectivity index (χ3n) is 2.52. The van der Waals surface area contributed by atoms with E-state index in [-0.39, 0.29) is 12.5 Å². The molecule has 1 N–H and O–H groups in total. The van der Waals surface area contributed by atoms with Crippen LogP contribution in [0, 0.1) is 0 Å². The molecule has 0 saturated carbocycles. The first kappa shape index (κ1) is 15.0. The largest absolute Gasteiger partial charge is 0.394 e. The van der Waals surface area contributed by atoms with Crippen LogP contribution in [0.2, 0.25) is 0 Å². The summed E-state index contributed by atoms with van der Waals surface area (Å²) in [6, 6.07) is 7.13. The van der Waals surface area contributed by atoms with E-state index in [9.17, 15) is 4.79 Å². The molecule has 0 fully saturated rings. The van der Waals surface area contributed by atoms with Crippen molar-refractivity contribution in [1.29, 1.82) is 0 Å². The van der Waals surface area contributed by atoms with Crippen LogP contribution in [0.5, 0.6) is 0 Å². The number of thiol groups is 1. The Kier molecular flexibility index (Phi) is 6.78. The van der Waals surface area contributed by atoms with Crippen LogP contribution < -0.4 is 0 Å². The zero-order valence-electron chi connectivity index (χ0n) is 10.5. The van der Waals surface area contributed by atoms with Gasteiger partial charge >= 0.3 is 0 Å². The number of amides is 1. The lowest BCUT2D eigenvalue weighted by atomic mass is 10.2. The molecule has 0 aromatic heterocycles. The van der Waals surface area contributed by atoms with Crippen molar-refractivity contribution >= 4 is 18.5 Å². The summed E-state index contributed by atoms with van der Waals surface area (Å²) >= 11 is 4.19. The van der Waals surface area contributed by atoms with Gasteiger partial charge in [-0.3, -0.25) is 4.79 Å². The molecule has 0 radical (unpaired) electrons. The van der Waals surface area contributed by atoms with Crippen molar-refractivity contribution in [2.24, 2.45) is 0 Å². The predicted octanol–water partition coefficient (Wildman–Crippen LogP) is 1.45. The number of benzene rings is 1. The van der Waals surface area contributed by atoms with Gasteiger partial charge in [0.15, 0.2) is 0 Å². The van der Waals surface area contributed by atoms with Crippen molar-refractivity contribution < 1.29 is 14.6 Å². The van der Waals surface area contributed by atoms with Crippen molar-refractivity contribution in [3.05, 3.63) is 29.8 Å². The lowest BCUT2D eigenvalue weighted by Crippen LogP contribution is -2.34. The summed E-state index contributed by atoms with van der Waals surface area (Å²) in [6.45, 7) is 3.83. The first-order valence-corrected chi connectivity index (χ1v) is 6.40. The van der Waals surface area contributed by atoms with Crippen LogP contribution in [0.25, 0.3) is 0 Å². The van der Waals surface area contributed by atoms with Crippen LogP contribution in [0.3, 0.4) is 0 Å². The third-order valence-corrected chi connectivity index (χ3v) is 2.82. The van der Waals surface area contributed by atoms with Crippen LogP contribution in [-0.4, -0.2) is 48.8 Å². The van der Waals surface area contributed by atoms with Gasteiger partial charge in [-0.2, -0.15) is 0 Å². The fraction of sp³-hybridized carbons (Fsp3) is 0.462. The molecule has 0 aliphatic heterocycles. The maximum atomic E-state index is 12.1. The van der Waals surface area contributed by atoms with Crippen LogP contribution in [0.1, 0.15) is 17.3 Å². The lowest BCUT2D eigenvalue weighted by Gasteiger charge is -2.20. The van der Waals surface area contributed by atoms with Gasteiger partial charge in [-0.25, -0.2) is 0 Å². The summed E-state index contributed by atoms with van der Waals surface area (Å²) in [5.74, 6) is -0.0153. The Morgan fingerprint density at radius 3 is 2.56 bits per heavy atom. The van der Waals surface area contributed by atoms with Crippen molar-refractivity contribution in [3.8, 4) is 0 Å². The highest BCUT2D eigenvalue weighted by atomic mass is 32.1. The van der Waals surface area contributed by atoms with E-state index in [4.69, 9.17) is 9.84 Å². The summed E-state index contributed by atoms with van der Waals surface area (Å²) in [6.07, 6.45) is 0. The number of rotatable bonds is 7. The van der Waals surface area contributed by atoms with E-state index in [1.165, 1.54) is 0 Å². The molecule has 1 aromatic rings. The zero-order valence-corrected chi connectivity index (χ0v) is 11.4. The van der Waals surface area contributed by atoms with Gasteiger partial charge in [-0.1, -0.05) is 0 Å². The molecule has 0 bridgehead atoms. The van der Waals surface area contributed by atoms with E-state index >= 15 is 0 Å². The van der Waals surface area contributed by atoms with Gasteiger partial charge in [0.25, 0.3) is 5.91 Å². The maximum absolute atomic E-state index is 12.1. The van der Waals surface area contributed by atoms with E-state index in [0.29, 0.717) is 31.9 Å². The van der Waals surface area contributed by atoms with Crippen LogP contribution in [-0.2, 0) is 4.74 Å². The molecule has 1 rings (SSSR count). The standard InChI is InChI=1S/C13H19NO3S/c1-2-14(7-9-17-10-8-15)13(16)11-3-5-12(18)6-4-11/h3-6,15,18H,2,7-10H2,1H3. The smallest absolute Gasteiger partial charge is 0.253 e. The van der Waals surface area contributed by atoms with Crippen molar-refractivity contribution in [2.45, 2.75) is 11.8 Å². The van der Waals surface area contributed by atoms with E-state index in [0.717, 1.165) is 4.90 Å². The minimum Gasteiger partial charge on any atom is -0.394 e. The normalized spacial score (nSPS) is 10.4.